The first-order valence-corrected chi connectivity index (χ1v) is 3.75. The second-order valence-corrected chi connectivity index (χ2v) is 3.01. The van der Waals surface area contributed by atoms with Gasteiger partial charge in [0, 0.05) is 6.20 Å². The van der Waals surface area contributed by atoms with Crippen molar-refractivity contribution in [2.45, 2.75) is 5.92 Å². The minimum atomic E-state index is -3.52. The normalized spacial score (nSPS) is 18.2. The smallest absolute Gasteiger partial charge is 0.305 e. The molecular weight excluding hydrogens is 202 g/mol. The molecule has 0 unspecified atom stereocenters. The summed E-state index contributed by atoms with van der Waals surface area (Å²) in [7, 11) is 0. The minimum Gasteiger partial charge on any atom is -0.305 e. The fourth-order valence-electron chi connectivity index (χ4n) is 1.09. The lowest BCUT2D eigenvalue weighted by molar-refractivity contribution is -0.139. The van der Waals surface area contributed by atoms with Gasteiger partial charge >= 0.3 is 11.8 Å². The Morgan fingerprint density at radius 1 is 1.54 bits per heavy atom. The number of carbonyl (C=O) groups is 1. The standard InChI is InChI=1S/C7H3ClF2N2O/c8-3-1-4-5(11-2-3)12-6(13)7(4,9)10/h1-2H,(H,11,12,13). The zero-order valence-electron chi connectivity index (χ0n) is 6.14. The second kappa shape index (κ2) is 2.38. The maximum atomic E-state index is 13.0. The van der Waals surface area contributed by atoms with Crippen LogP contribution in [0.15, 0.2) is 12.3 Å². The maximum absolute atomic E-state index is 13.0. The van der Waals surface area contributed by atoms with Gasteiger partial charge < -0.3 is 5.32 Å². The van der Waals surface area contributed by atoms with Gasteiger partial charge in [0.25, 0.3) is 0 Å². The summed E-state index contributed by atoms with van der Waals surface area (Å²) in [5.41, 5.74) is -0.468. The van der Waals surface area contributed by atoms with Gasteiger partial charge in [0.2, 0.25) is 0 Å². The van der Waals surface area contributed by atoms with Crippen LogP contribution in [0.5, 0.6) is 0 Å². The molecule has 1 aliphatic rings. The molecule has 0 bridgehead atoms. The van der Waals surface area contributed by atoms with E-state index < -0.39 is 17.4 Å². The highest BCUT2D eigenvalue weighted by Crippen LogP contribution is 2.39. The Hall–Kier alpha value is -1.23. The van der Waals surface area contributed by atoms with Gasteiger partial charge in [-0.2, -0.15) is 8.78 Å². The molecule has 13 heavy (non-hydrogen) atoms. The van der Waals surface area contributed by atoms with Crippen molar-refractivity contribution in [3.63, 3.8) is 0 Å². The van der Waals surface area contributed by atoms with Crippen molar-refractivity contribution in [2.75, 3.05) is 5.32 Å². The highest BCUT2D eigenvalue weighted by Gasteiger charge is 2.49. The van der Waals surface area contributed by atoms with E-state index in [0.29, 0.717) is 0 Å². The van der Waals surface area contributed by atoms with E-state index in [-0.39, 0.29) is 10.8 Å². The molecule has 0 radical (unpaired) electrons. The van der Waals surface area contributed by atoms with E-state index in [9.17, 15) is 13.6 Å². The third kappa shape index (κ3) is 1.07. The van der Waals surface area contributed by atoms with Crippen LogP contribution in [-0.4, -0.2) is 10.9 Å². The molecule has 0 saturated carbocycles. The zero-order chi connectivity index (χ0) is 9.64. The number of nitrogens with zero attached hydrogens (tertiary/aromatic N) is 1. The van der Waals surface area contributed by atoms with E-state index in [2.05, 4.69) is 4.98 Å². The van der Waals surface area contributed by atoms with Crippen LogP contribution in [0.25, 0.3) is 0 Å². The average molecular weight is 205 g/mol. The van der Waals surface area contributed by atoms with Gasteiger partial charge in [-0.15, -0.1) is 0 Å². The lowest BCUT2D eigenvalue weighted by Gasteiger charge is -2.04. The van der Waals surface area contributed by atoms with Gasteiger partial charge in [-0.25, -0.2) is 4.98 Å². The van der Waals surface area contributed by atoms with E-state index in [1.165, 1.54) is 6.20 Å². The fourth-order valence-corrected chi connectivity index (χ4v) is 1.24. The number of carbonyl (C=O) groups excluding carboxylic acids is 1. The SMILES string of the molecule is O=C1Nc2ncc(Cl)cc2C1(F)F. The van der Waals surface area contributed by atoms with Crippen molar-refractivity contribution in [1.82, 2.24) is 4.98 Å². The highest BCUT2D eigenvalue weighted by atomic mass is 35.5. The Labute approximate surface area is 76.7 Å². The fraction of sp³-hybridized carbons (Fsp3) is 0.143. The molecule has 3 nitrogen and oxygen atoms in total. The largest absolute Gasteiger partial charge is 0.353 e. The summed E-state index contributed by atoms with van der Waals surface area (Å²) < 4.78 is 26.0. The zero-order valence-corrected chi connectivity index (χ0v) is 6.90. The number of nitrogens with one attached hydrogen (secondary N) is 1. The van der Waals surface area contributed by atoms with Crippen LogP contribution in [0, 0.1) is 0 Å². The Morgan fingerprint density at radius 2 is 2.23 bits per heavy atom. The van der Waals surface area contributed by atoms with E-state index in [1.807, 2.05) is 5.32 Å². The summed E-state index contributed by atoms with van der Waals surface area (Å²) in [6, 6.07) is 1.03. The number of amides is 1. The average Bonchev–Trinajstić information content (AvgIpc) is 2.27. The van der Waals surface area contributed by atoms with Crippen LogP contribution in [-0.2, 0) is 10.7 Å². The predicted octanol–water partition coefficient (Wildman–Crippen LogP) is 1.78. The van der Waals surface area contributed by atoms with Gasteiger partial charge in [0.1, 0.15) is 5.82 Å². The predicted molar refractivity (Wildman–Crippen MR) is 41.8 cm³/mol. The van der Waals surface area contributed by atoms with Crippen LogP contribution in [0.3, 0.4) is 0 Å². The number of aromatic nitrogens is 1. The lowest BCUT2D eigenvalue weighted by atomic mass is 10.2. The quantitative estimate of drug-likeness (QED) is 0.700. The Balaban J connectivity index is 2.64. The molecule has 1 amide bonds. The molecule has 0 spiro atoms. The lowest BCUT2D eigenvalue weighted by Crippen LogP contribution is -2.23. The first-order valence-electron chi connectivity index (χ1n) is 3.37. The highest BCUT2D eigenvalue weighted by molar-refractivity contribution is 6.30. The van der Waals surface area contributed by atoms with Gasteiger partial charge in [0.05, 0.1) is 10.6 Å². The molecule has 0 fully saturated rings. The first-order chi connectivity index (χ1) is 6.01. The number of hydrogen-bond acceptors (Lipinski definition) is 2. The molecule has 68 valence electrons. The number of alkyl halides is 2. The third-order valence-corrected chi connectivity index (χ3v) is 1.92. The monoisotopic (exact) mass is 204 g/mol. The summed E-state index contributed by atoms with van der Waals surface area (Å²) in [5.74, 6) is -5.01. The van der Waals surface area contributed by atoms with Crippen molar-refractivity contribution in [1.29, 1.82) is 0 Å². The Bertz CT molecular complexity index is 394. The van der Waals surface area contributed by atoms with Crippen molar-refractivity contribution >= 4 is 23.3 Å². The topological polar surface area (TPSA) is 42.0 Å². The van der Waals surface area contributed by atoms with Crippen molar-refractivity contribution in [3.8, 4) is 0 Å². The summed E-state index contributed by atoms with van der Waals surface area (Å²) >= 11 is 5.46. The van der Waals surface area contributed by atoms with Crippen molar-refractivity contribution in [3.05, 3.63) is 22.8 Å². The molecule has 1 aliphatic heterocycles. The molecule has 1 aromatic rings. The van der Waals surface area contributed by atoms with Gasteiger partial charge in [-0.05, 0) is 6.07 Å². The van der Waals surface area contributed by atoms with Crippen LogP contribution < -0.4 is 5.32 Å². The summed E-state index contributed by atoms with van der Waals surface area (Å²) in [6.45, 7) is 0. The van der Waals surface area contributed by atoms with Crippen LogP contribution in [0.2, 0.25) is 5.02 Å². The number of anilines is 1. The second-order valence-electron chi connectivity index (χ2n) is 2.58. The molecule has 0 aliphatic carbocycles. The van der Waals surface area contributed by atoms with Crippen LogP contribution in [0.1, 0.15) is 5.56 Å². The Morgan fingerprint density at radius 3 is 2.92 bits per heavy atom. The number of hydrogen-bond donors (Lipinski definition) is 1. The van der Waals surface area contributed by atoms with E-state index >= 15 is 0 Å². The Kier molecular flexibility index (Phi) is 1.53. The molecular formula is C7H3ClF2N2O. The molecule has 0 aromatic carbocycles. The summed E-state index contributed by atoms with van der Waals surface area (Å²) in [6.07, 6.45) is 1.20. The number of rotatable bonds is 0. The van der Waals surface area contributed by atoms with Crippen LogP contribution in [0.4, 0.5) is 14.6 Å². The van der Waals surface area contributed by atoms with E-state index in [1.54, 1.807) is 0 Å². The molecule has 0 saturated heterocycles. The van der Waals surface area contributed by atoms with Crippen molar-refractivity contribution < 1.29 is 13.6 Å². The summed E-state index contributed by atoms with van der Waals surface area (Å²) in [4.78, 5) is 14.3. The third-order valence-electron chi connectivity index (χ3n) is 1.71. The van der Waals surface area contributed by atoms with Crippen molar-refractivity contribution in [2.24, 2.45) is 0 Å². The summed E-state index contributed by atoms with van der Waals surface area (Å²) in [5, 5.41) is 2.03. The minimum absolute atomic E-state index is 0.0786. The number of halogens is 3. The first kappa shape index (κ1) is 8.37. The number of fused-ring (bicyclic) bond motifs is 1. The van der Waals surface area contributed by atoms with E-state index in [4.69, 9.17) is 11.6 Å². The molecule has 1 aromatic heterocycles. The molecule has 0 atom stereocenters. The molecule has 2 rings (SSSR count). The van der Waals surface area contributed by atoms with E-state index in [0.717, 1.165) is 6.07 Å². The van der Waals surface area contributed by atoms with Gasteiger partial charge in [0.15, 0.2) is 0 Å². The molecule has 2 heterocycles. The van der Waals surface area contributed by atoms with Crippen LogP contribution >= 0.6 is 11.6 Å². The van der Waals surface area contributed by atoms with Gasteiger partial charge in [-0.3, -0.25) is 4.79 Å². The maximum Gasteiger partial charge on any atom is 0.353 e. The van der Waals surface area contributed by atoms with Gasteiger partial charge in [-0.1, -0.05) is 11.6 Å². The molecule has 6 heteroatoms. The molecule has 1 N–H and O–H groups in total. The number of pyridine rings is 1.